The Morgan fingerprint density at radius 2 is 1.87 bits per heavy atom. The quantitative estimate of drug-likeness (QED) is 0.0978. The summed E-state index contributed by atoms with van der Waals surface area (Å²) in [5.41, 5.74) is 11.6. The van der Waals surface area contributed by atoms with Gasteiger partial charge in [-0.1, -0.05) is 103 Å². The molecule has 3 nitrogen and oxygen atoms in total. The van der Waals surface area contributed by atoms with Gasteiger partial charge in [-0.05, 0) is 74.1 Å². The van der Waals surface area contributed by atoms with Gasteiger partial charge in [0.25, 0.3) is 0 Å². The van der Waals surface area contributed by atoms with Crippen LogP contribution in [0.15, 0.2) is 95.6 Å². The minimum Gasteiger partial charge on any atom is -0.385 e. The lowest BCUT2D eigenvalue weighted by Crippen LogP contribution is -2.27. The number of hydrogen-bond donors (Lipinski definition) is 4. The molecule has 0 amide bonds. The van der Waals surface area contributed by atoms with Crippen LogP contribution in [0, 0.1) is 12.8 Å². The molecular weight excluding hydrogens is 617 g/mol. The number of thiol groups is 1. The molecule has 1 atom stereocenters. The van der Waals surface area contributed by atoms with Crippen molar-refractivity contribution in [3.05, 3.63) is 101 Å². The average Bonchev–Trinajstić information content (AvgIpc) is 3.34. The zero-order valence-electron chi connectivity index (χ0n) is 22.8. The third-order valence-electron chi connectivity index (χ3n) is 5.81. The Bertz CT molecular complexity index is 1150. The monoisotopic (exact) mass is 659 g/mol. The SMILES string of the molecule is C=Cc1sc(-c2ccc(C)cc2)cc1NCI.CC1CNC2=C(CCC=C2)C1.CCN.Sc1ccccc1. The maximum atomic E-state index is 4.85. The first-order valence-electron chi connectivity index (χ1n) is 13.1. The number of nitrogens with two attached hydrogens (primary N) is 1. The Balaban J connectivity index is 0.000000206. The molecule has 5 rings (SSSR count). The molecule has 1 aliphatic carbocycles. The summed E-state index contributed by atoms with van der Waals surface area (Å²) in [5.74, 6) is 0.834. The molecule has 2 aromatic carbocycles. The second-order valence-corrected chi connectivity index (χ2v) is 11.5. The van der Waals surface area contributed by atoms with E-state index in [1.54, 1.807) is 16.9 Å². The zero-order valence-corrected chi connectivity index (χ0v) is 26.7. The normalized spacial score (nSPS) is 15.3. The number of benzene rings is 2. The van der Waals surface area contributed by atoms with Gasteiger partial charge < -0.3 is 16.4 Å². The topological polar surface area (TPSA) is 50.1 Å². The molecule has 3 aromatic rings. The predicted octanol–water partition coefficient (Wildman–Crippen LogP) is 9.33. The van der Waals surface area contributed by atoms with Gasteiger partial charge in [-0.25, -0.2) is 0 Å². The number of rotatable bonds is 4. The van der Waals surface area contributed by atoms with Crippen molar-refractivity contribution in [3.63, 3.8) is 0 Å². The van der Waals surface area contributed by atoms with Crippen molar-refractivity contribution < 1.29 is 0 Å². The second kappa shape index (κ2) is 18.3. The molecular formula is C32H42IN3S2. The van der Waals surface area contributed by atoms with E-state index in [1.807, 2.05) is 43.3 Å². The number of hydrogen-bond acceptors (Lipinski definition) is 5. The first-order valence-corrected chi connectivity index (χ1v) is 15.9. The van der Waals surface area contributed by atoms with Gasteiger partial charge in [0.2, 0.25) is 0 Å². The van der Waals surface area contributed by atoms with Crippen molar-refractivity contribution in [1.29, 1.82) is 0 Å². The van der Waals surface area contributed by atoms with E-state index in [9.17, 15) is 0 Å². The van der Waals surface area contributed by atoms with Crippen LogP contribution >= 0.6 is 46.6 Å². The smallest absolute Gasteiger partial charge is 0.0671 e. The van der Waals surface area contributed by atoms with Crippen molar-refractivity contribution in [3.8, 4) is 10.4 Å². The second-order valence-electron chi connectivity index (χ2n) is 9.16. The van der Waals surface area contributed by atoms with Crippen LogP contribution < -0.4 is 16.4 Å². The summed E-state index contributed by atoms with van der Waals surface area (Å²) < 4.78 is 0.905. The van der Waals surface area contributed by atoms with E-state index in [2.05, 4.69) is 109 Å². The zero-order chi connectivity index (χ0) is 27.8. The lowest BCUT2D eigenvalue weighted by atomic mass is 9.90. The van der Waals surface area contributed by atoms with Gasteiger partial charge in [-0.15, -0.1) is 24.0 Å². The highest BCUT2D eigenvalue weighted by molar-refractivity contribution is 14.1. The summed E-state index contributed by atoms with van der Waals surface area (Å²) in [7, 11) is 0. The number of nitrogens with one attached hydrogen (secondary N) is 2. The molecule has 0 bridgehead atoms. The minimum atomic E-state index is 0.750. The highest BCUT2D eigenvalue weighted by Crippen LogP contribution is 2.35. The summed E-state index contributed by atoms with van der Waals surface area (Å²) in [6, 6.07) is 20.6. The molecule has 0 radical (unpaired) electrons. The third-order valence-corrected chi connectivity index (χ3v) is 7.67. The van der Waals surface area contributed by atoms with E-state index in [1.165, 1.54) is 51.5 Å². The van der Waals surface area contributed by atoms with Crippen molar-refractivity contribution in [1.82, 2.24) is 5.32 Å². The summed E-state index contributed by atoms with van der Waals surface area (Å²) in [6.45, 7) is 12.1. The lowest BCUT2D eigenvalue weighted by Gasteiger charge is -2.26. The van der Waals surface area contributed by atoms with Gasteiger partial charge in [0.05, 0.1) is 15.1 Å². The lowest BCUT2D eigenvalue weighted by molar-refractivity contribution is 0.496. The third kappa shape index (κ3) is 11.4. The maximum Gasteiger partial charge on any atom is 0.0671 e. The van der Waals surface area contributed by atoms with Crippen LogP contribution in [0.3, 0.4) is 0 Å². The van der Waals surface area contributed by atoms with E-state index in [0.717, 1.165) is 28.5 Å². The number of allylic oxidation sites excluding steroid dienone is 3. The van der Waals surface area contributed by atoms with Gasteiger partial charge >= 0.3 is 0 Å². The van der Waals surface area contributed by atoms with Crippen LogP contribution in [0.5, 0.6) is 0 Å². The van der Waals surface area contributed by atoms with Crippen molar-refractivity contribution >= 4 is 58.3 Å². The van der Waals surface area contributed by atoms with Crippen LogP contribution in [-0.4, -0.2) is 17.6 Å². The molecule has 1 aromatic heterocycles. The first kappa shape index (κ1) is 32.2. The van der Waals surface area contributed by atoms with Crippen molar-refractivity contribution in [2.75, 3.05) is 23.0 Å². The Morgan fingerprint density at radius 3 is 2.45 bits per heavy atom. The molecule has 2 aliphatic rings. The van der Waals surface area contributed by atoms with Gasteiger partial charge in [0, 0.05) is 22.0 Å². The largest absolute Gasteiger partial charge is 0.385 e. The molecule has 2 heterocycles. The molecule has 38 heavy (non-hydrogen) atoms. The summed E-state index contributed by atoms with van der Waals surface area (Å²) >= 11 is 8.17. The van der Waals surface area contributed by atoms with Crippen LogP contribution in [0.2, 0.25) is 0 Å². The fourth-order valence-corrected chi connectivity index (χ4v) is 5.51. The maximum absolute atomic E-state index is 4.85. The van der Waals surface area contributed by atoms with E-state index >= 15 is 0 Å². The number of alkyl halides is 1. The molecule has 204 valence electrons. The van der Waals surface area contributed by atoms with Crippen LogP contribution in [-0.2, 0) is 0 Å². The number of halogens is 1. The van der Waals surface area contributed by atoms with Gasteiger partial charge in [-0.2, -0.15) is 0 Å². The summed E-state index contributed by atoms with van der Waals surface area (Å²) in [4.78, 5) is 3.51. The Labute approximate surface area is 253 Å². The molecule has 6 heteroatoms. The number of aryl methyl sites for hydroxylation is 1. The molecule has 0 saturated heterocycles. The molecule has 4 N–H and O–H groups in total. The van der Waals surface area contributed by atoms with E-state index in [4.69, 9.17) is 5.73 Å². The van der Waals surface area contributed by atoms with E-state index < -0.39 is 0 Å². The van der Waals surface area contributed by atoms with Crippen molar-refractivity contribution in [2.45, 2.75) is 44.9 Å². The van der Waals surface area contributed by atoms with Crippen LogP contribution in [0.4, 0.5) is 5.69 Å². The molecule has 1 aliphatic heterocycles. The van der Waals surface area contributed by atoms with Crippen molar-refractivity contribution in [2.24, 2.45) is 11.7 Å². The fourth-order valence-electron chi connectivity index (χ4n) is 3.94. The predicted molar refractivity (Wildman–Crippen MR) is 183 cm³/mol. The van der Waals surface area contributed by atoms with Gasteiger partial charge in [0.1, 0.15) is 0 Å². The fraction of sp³-hybridized carbons (Fsp3) is 0.312. The standard InChI is InChI=1S/C14H14INS.C10H15N.C6H6S.C2H7N/c1-3-13-12(16-9-15)8-14(17-13)11-6-4-10(2)5-7-11;1-8-6-9-4-2-3-5-10(9)11-7-8;7-6-4-2-1-3-5-6;1-2-3/h3-8,16H,1,9H2,2H3;3,5,8,11H,2,4,6-7H2,1H3;1-5,7H;2-3H2,1H3. The van der Waals surface area contributed by atoms with Gasteiger partial charge in [-0.3, -0.25) is 0 Å². The number of thiophene rings is 1. The van der Waals surface area contributed by atoms with Gasteiger partial charge in [0.15, 0.2) is 0 Å². The van der Waals surface area contributed by atoms with Crippen LogP contribution in [0.1, 0.15) is 43.6 Å². The molecule has 0 saturated carbocycles. The van der Waals surface area contributed by atoms with Crippen LogP contribution in [0.25, 0.3) is 16.5 Å². The molecule has 1 unspecified atom stereocenters. The highest BCUT2D eigenvalue weighted by atomic mass is 127. The van der Waals surface area contributed by atoms with E-state index in [0.29, 0.717) is 0 Å². The number of anilines is 1. The average molecular weight is 660 g/mol. The first-order chi connectivity index (χ1) is 18.4. The highest BCUT2D eigenvalue weighted by Gasteiger charge is 2.16. The Morgan fingerprint density at radius 1 is 1.18 bits per heavy atom. The summed E-state index contributed by atoms with van der Waals surface area (Å²) in [6.07, 6.45) is 10.3. The summed E-state index contributed by atoms with van der Waals surface area (Å²) in [5, 5.41) is 6.82. The molecule has 0 fully saturated rings. The van der Waals surface area contributed by atoms with E-state index in [-0.39, 0.29) is 0 Å². The Kier molecular flexibility index (Phi) is 15.5. The Hall–Kier alpha value is -2.00. The molecule has 0 spiro atoms. The minimum absolute atomic E-state index is 0.750.